The molecule has 0 amide bonds. The van der Waals surface area contributed by atoms with Crippen LogP contribution in [0.4, 0.5) is 0 Å². The van der Waals surface area contributed by atoms with E-state index in [1.165, 1.54) is 22.3 Å². The van der Waals surface area contributed by atoms with E-state index >= 15 is 0 Å². The number of hydrogen-bond donors (Lipinski definition) is 0. The van der Waals surface area contributed by atoms with Crippen LogP contribution in [0.1, 0.15) is 55.4 Å². The molecule has 0 saturated carbocycles. The molecule has 0 saturated heterocycles. The topological polar surface area (TPSA) is 25.8 Å². The van der Waals surface area contributed by atoms with Crippen LogP contribution in [0.2, 0.25) is 0 Å². The third-order valence-corrected chi connectivity index (χ3v) is 5.89. The molecule has 0 bridgehead atoms. The lowest BCUT2D eigenvalue weighted by molar-refractivity contribution is 1.33. The van der Waals surface area contributed by atoms with Gasteiger partial charge < -0.3 is 0 Å². The smallest absolute Gasteiger partial charge is 0.0708 e. The number of nitrogens with zero attached hydrogens (tertiary/aromatic N) is 2. The number of rotatable bonds is 4. The summed E-state index contributed by atoms with van der Waals surface area (Å²) in [4.78, 5) is 8.77. The Morgan fingerprint density at radius 1 is 0.318 bits per heavy atom. The van der Waals surface area contributed by atoms with Crippen molar-refractivity contribution in [2.45, 2.75) is 55.4 Å². The largest absolute Gasteiger partial charge is 0.263 e. The summed E-state index contributed by atoms with van der Waals surface area (Å²) in [6.45, 7) is 16.0. The lowest BCUT2D eigenvalue weighted by Gasteiger charge is -2.05. The first-order chi connectivity index (χ1) is 21.9. The van der Waals surface area contributed by atoms with Crippen molar-refractivity contribution in [3.05, 3.63) is 158 Å². The molecule has 6 aromatic rings. The van der Waals surface area contributed by atoms with Gasteiger partial charge in [0, 0.05) is 35.3 Å². The maximum atomic E-state index is 4.44. The van der Waals surface area contributed by atoms with Crippen molar-refractivity contribution in [2.24, 2.45) is 0 Å². The van der Waals surface area contributed by atoms with E-state index in [1.807, 2.05) is 141 Å². The van der Waals surface area contributed by atoms with Crippen molar-refractivity contribution >= 4 is 0 Å². The van der Waals surface area contributed by atoms with Gasteiger partial charge in [0.25, 0.3) is 0 Å². The molecule has 0 aliphatic rings. The molecule has 2 nitrogen and oxygen atoms in total. The zero-order chi connectivity index (χ0) is 32.4. The van der Waals surface area contributed by atoms with Crippen molar-refractivity contribution in [2.75, 3.05) is 0 Å². The molecule has 2 heterocycles. The minimum atomic E-state index is 1.01. The monoisotopic (exact) mass is 582 g/mol. The van der Waals surface area contributed by atoms with Gasteiger partial charge in [-0.1, -0.05) is 177 Å². The quantitative estimate of drug-likeness (QED) is 0.207. The first kappa shape index (κ1) is 37.2. The van der Waals surface area contributed by atoms with Gasteiger partial charge in [-0.25, -0.2) is 0 Å². The second-order valence-corrected chi connectivity index (χ2v) is 8.36. The standard InChI is InChI=1S/2C17H13N.4C2H6/c1-3-7-14(8-4-1)16-11-17(13-18-12-16)15-9-5-2-6-10-15;1-3-7-14(8-4-1)16-11-12-18-17(13-16)15-9-5-2-6-10-15;4*1-2/h2*1-13H;4*1-2H3. The van der Waals surface area contributed by atoms with E-state index in [4.69, 9.17) is 0 Å². The van der Waals surface area contributed by atoms with Gasteiger partial charge in [-0.2, -0.15) is 0 Å². The van der Waals surface area contributed by atoms with Gasteiger partial charge in [0.05, 0.1) is 5.69 Å². The zero-order valence-electron chi connectivity index (χ0n) is 27.9. The van der Waals surface area contributed by atoms with Crippen LogP contribution >= 0.6 is 0 Å². The summed E-state index contributed by atoms with van der Waals surface area (Å²) >= 11 is 0. The third kappa shape index (κ3) is 12.2. The fourth-order valence-corrected chi connectivity index (χ4v) is 4.02. The van der Waals surface area contributed by atoms with Crippen molar-refractivity contribution in [3.63, 3.8) is 0 Å². The van der Waals surface area contributed by atoms with Gasteiger partial charge in [-0.3, -0.25) is 9.97 Å². The fraction of sp³-hybridized carbons (Fsp3) is 0.190. The molecular weight excluding hydrogens is 532 g/mol. The third-order valence-electron chi connectivity index (χ3n) is 5.89. The molecule has 44 heavy (non-hydrogen) atoms. The zero-order valence-corrected chi connectivity index (χ0v) is 27.9. The Bertz CT molecular complexity index is 1270. The van der Waals surface area contributed by atoms with E-state index in [-0.39, 0.29) is 0 Å². The van der Waals surface area contributed by atoms with Crippen LogP contribution < -0.4 is 0 Å². The Labute approximate surface area is 267 Å². The molecule has 2 aromatic heterocycles. The van der Waals surface area contributed by atoms with E-state index in [1.54, 1.807) is 0 Å². The molecule has 0 aliphatic carbocycles. The summed E-state index contributed by atoms with van der Waals surface area (Å²) in [5.74, 6) is 0. The second kappa shape index (κ2) is 23.7. The molecule has 0 N–H and O–H groups in total. The Kier molecular flexibility index (Phi) is 20.0. The Hall–Kier alpha value is -4.82. The maximum Gasteiger partial charge on any atom is 0.0708 e. The predicted molar refractivity (Wildman–Crippen MR) is 196 cm³/mol. The van der Waals surface area contributed by atoms with Crippen molar-refractivity contribution in [1.29, 1.82) is 0 Å². The Morgan fingerprint density at radius 2 is 0.659 bits per heavy atom. The molecule has 228 valence electrons. The van der Waals surface area contributed by atoms with E-state index in [9.17, 15) is 0 Å². The van der Waals surface area contributed by atoms with Crippen LogP contribution in [0.15, 0.2) is 158 Å². The van der Waals surface area contributed by atoms with Crippen molar-refractivity contribution in [1.82, 2.24) is 9.97 Å². The molecule has 0 aliphatic heterocycles. The van der Waals surface area contributed by atoms with Crippen LogP contribution in [0.3, 0.4) is 0 Å². The highest BCUT2D eigenvalue weighted by Crippen LogP contribution is 2.25. The van der Waals surface area contributed by atoms with Crippen LogP contribution in [-0.4, -0.2) is 9.97 Å². The van der Waals surface area contributed by atoms with Crippen molar-refractivity contribution in [3.8, 4) is 44.6 Å². The number of aromatic nitrogens is 2. The summed E-state index contributed by atoms with van der Waals surface area (Å²) in [5.41, 5.74) is 9.27. The molecule has 4 aromatic carbocycles. The van der Waals surface area contributed by atoms with Crippen LogP contribution in [0, 0.1) is 0 Å². The summed E-state index contributed by atoms with van der Waals surface area (Å²) < 4.78 is 0. The maximum absolute atomic E-state index is 4.44. The van der Waals surface area contributed by atoms with E-state index in [0.29, 0.717) is 0 Å². The molecule has 2 heteroatoms. The van der Waals surface area contributed by atoms with Gasteiger partial charge in [0.2, 0.25) is 0 Å². The number of hydrogen-bond acceptors (Lipinski definition) is 2. The van der Waals surface area contributed by atoms with Gasteiger partial charge >= 0.3 is 0 Å². The summed E-state index contributed by atoms with van der Waals surface area (Å²) in [6, 6.07) is 47.6. The van der Waals surface area contributed by atoms with Gasteiger partial charge in [0.15, 0.2) is 0 Å². The minimum Gasteiger partial charge on any atom is -0.263 e. The van der Waals surface area contributed by atoms with E-state index < -0.39 is 0 Å². The molecule has 0 atom stereocenters. The fourth-order valence-electron chi connectivity index (χ4n) is 4.02. The van der Waals surface area contributed by atoms with Crippen LogP contribution in [-0.2, 0) is 0 Å². The van der Waals surface area contributed by atoms with E-state index in [2.05, 4.69) is 82.8 Å². The lowest BCUT2D eigenvalue weighted by atomic mass is 10.0. The first-order valence-electron chi connectivity index (χ1n) is 16.0. The van der Waals surface area contributed by atoms with Crippen LogP contribution in [0.25, 0.3) is 44.6 Å². The second-order valence-electron chi connectivity index (χ2n) is 8.36. The highest BCUT2D eigenvalue weighted by atomic mass is 14.7. The molecule has 6 rings (SSSR count). The van der Waals surface area contributed by atoms with Gasteiger partial charge in [0.1, 0.15) is 0 Å². The highest BCUT2D eigenvalue weighted by Gasteiger charge is 2.02. The normalized spacial score (nSPS) is 8.91. The van der Waals surface area contributed by atoms with E-state index in [0.717, 1.165) is 22.4 Å². The van der Waals surface area contributed by atoms with Gasteiger partial charge in [-0.05, 0) is 40.5 Å². The summed E-state index contributed by atoms with van der Waals surface area (Å²) in [7, 11) is 0. The van der Waals surface area contributed by atoms with Crippen LogP contribution in [0.5, 0.6) is 0 Å². The number of pyridine rings is 2. The minimum absolute atomic E-state index is 1.01. The molecule has 0 unspecified atom stereocenters. The lowest BCUT2D eigenvalue weighted by Crippen LogP contribution is -1.84. The highest BCUT2D eigenvalue weighted by molar-refractivity contribution is 5.72. The van der Waals surface area contributed by atoms with Crippen molar-refractivity contribution < 1.29 is 0 Å². The summed E-state index contributed by atoms with van der Waals surface area (Å²) in [6.07, 6.45) is 5.67. The average Bonchev–Trinajstić information content (AvgIpc) is 3.17. The summed E-state index contributed by atoms with van der Waals surface area (Å²) in [5, 5.41) is 0. The first-order valence-corrected chi connectivity index (χ1v) is 16.0. The Balaban J connectivity index is 0.000000359. The SMILES string of the molecule is CC.CC.CC.CC.c1ccc(-c2ccnc(-c3ccccc3)c2)cc1.c1ccc(-c2cncc(-c3ccccc3)c2)cc1. The predicted octanol–water partition coefficient (Wildman–Crippen LogP) is 12.9. The number of benzene rings is 4. The molecule has 0 spiro atoms. The average molecular weight is 583 g/mol. The molecule has 0 radical (unpaired) electrons. The van der Waals surface area contributed by atoms with Gasteiger partial charge in [-0.15, -0.1) is 0 Å². The Morgan fingerprint density at radius 3 is 1.05 bits per heavy atom. The molecular formula is C42H50N2. The molecule has 0 fully saturated rings.